The summed E-state index contributed by atoms with van der Waals surface area (Å²) in [7, 11) is 19.3. The minimum Gasteiger partial charge on any atom is -0.493 e. The van der Waals surface area contributed by atoms with Gasteiger partial charge in [0.15, 0.2) is 46.0 Å². The number of benzene rings is 8. The number of aryl methyl sites for hydroxylation is 4. The van der Waals surface area contributed by atoms with Gasteiger partial charge in [0.25, 0.3) is 22.2 Å². The molecule has 0 spiro atoms. The molecule has 1 fully saturated rings. The number of hydrogen-bond donors (Lipinski definition) is 0. The molecule has 0 N–H and O–H groups in total. The summed E-state index contributed by atoms with van der Waals surface area (Å²) in [4.78, 5) is 82.6. The van der Waals surface area contributed by atoms with Crippen LogP contribution in [0.5, 0.6) is 46.0 Å². The van der Waals surface area contributed by atoms with Gasteiger partial charge in [0, 0.05) is 152 Å². The standard InChI is InChI=1S/C92H100N12O16/c1-97-77-57-85(113-9)81(109-5)53-73(77)93-69(89(97)105)33-21-61-13-25-65(26-14-61)101-37-45-117-47-39-102(66-27-15-62(16-28-66)22-34-70-90(106)98(2)78-58-86(114-10)82(110-6)54-74(78)94-70)41-49-119-51-43-104(68-31-19-64(20-32-68)24-36-72-92(108)100(4)80-60-88(116-12)84(112-8)56-76(80)96-72)44-52-120-50-42-103(40-48-118-46-38-101)67-29-17-63(18-30-67)23-35-71-91(107)99(3)79-59-87(115-11)83(111-7)55-75(79)95-71/h13-36,53-60H,37-52H2,1-12H3/b33-21+,34-22+,35-23+,36-24+. The molecule has 1 saturated heterocycles. The summed E-state index contributed by atoms with van der Waals surface area (Å²) >= 11 is 0. The highest BCUT2D eigenvalue weighted by atomic mass is 16.5. The molecule has 120 heavy (non-hydrogen) atoms. The van der Waals surface area contributed by atoms with Gasteiger partial charge < -0.3 is 94.7 Å². The molecule has 624 valence electrons. The predicted molar refractivity (Wildman–Crippen MR) is 474 cm³/mol. The quantitative estimate of drug-likeness (QED) is 0.0686. The third-order valence-electron chi connectivity index (χ3n) is 21.2. The second kappa shape index (κ2) is 39.8. The van der Waals surface area contributed by atoms with Gasteiger partial charge in [-0.25, -0.2) is 19.9 Å². The van der Waals surface area contributed by atoms with Crippen molar-refractivity contribution < 1.29 is 56.8 Å². The Kier molecular flexibility index (Phi) is 28.1. The van der Waals surface area contributed by atoms with Crippen LogP contribution in [-0.4, -0.2) is 200 Å². The van der Waals surface area contributed by atoms with Gasteiger partial charge in [0.2, 0.25) is 0 Å². The number of fused-ring (bicyclic) bond motifs is 4. The zero-order valence-corrected chi connectivity index (χ0v) is 69.7. The Morgan fingerprint density at radius 1 is 0.250 bits per heavy atom. The SMILES string of the molecule is COc1cc2nc(/C=C/c3ccc(N4CCOCCN(c5ccc(/C=C/c6nc7cc(OC)c(OC)cc7n(C)c6=O)cc5)CCOCCN(c5ccc(/C=C/c6nc7cc(OC)c(OC)cc7n(C)c6=O)cc5)CCOCCN(c5ccc(/C=C/c6nc7cc(OC)c(OC)cc7n(C)c6=O)cc5)CCOCC4)cc3)c(=O)n(C)c2cc1OC. The molecule has 12 aromatic rings. The van der Waals surface area contributed by atoms with E-state index in [-0.39, 0.29) is 45.0 Å². The van der Waals surface area contributed by atoms with Crippen LogP contribution < -0.4 is 79.7 Å². The Labute approximate surface area is 695 Å². The normalized spacial score (nSPS) is 14.4. The topological polar surface area (TPSA) is 263 Å². The lowest BCUT2D eigenvalue weighted by atomic mass is 10.1. The number of ether oxygens (including phenoxy) is 12. The fourth-order valence-electron chi connectivity index (χ4n) is 14.3. The van der Waals surface area contributed by atoms with Gasteiger partial charge in [-0.15, -0.1) is 0 Å². The van der Waals surface area contributed by atoms with Crippen molar-refractivity contribution in [2.24, 2.45) is 28.2 Å². The smallest absolute Gasteiger partial charge is 0.276 e. The molecule has 13 rings (SSSR count). The maximum Gasteiger partial charge on any atom is 0.276 e. The Morgan fingerprint density at radius 2 is 0.417 bits per heavy atom. The maximum atomic E-state index is 13.7. The number of aromatic nitrogens is 8. The summed E-state index contributed by atoms with van der Waals surface area (Å²) in [5.74, 6) is 4.02. The molecule has 8 aromatic carbocycles. The molecule has 0 amide bonds. The monoisotopic (exact) mass is 1630 g/mol. The Balaban J connectivity index is 0.752. The molecule has 5 heterocycles. The number of anilines is 4. The number of methoxy groups -OCH3 is 8. The second-order valence-electron chi connectivity index (χ2n) is 28.3. The van der Waals surface area contributed by atoms with Crippen molar-refractivity contribution in [1.29, 1.82) is 0 Å². The molecule has 0 atom stereocenters. The first kappa shape index (κ1) is 84.6. The average Bonchev–Trinajstić information content (AvgIpc) is 0.791. The van der Waals surface area contributed by atoms with Gasteiger partial charge >= 0.3 is 0 Å². The lowest BCUT2D eigenvalue weighted by molar-refractivity contribution is 0.123. The largest absolute Gasteiger partial charge is 0.493 e. The minimum atomic E-state index is -0.258. The van der Waals surface area contributed by atoms with E-state index < -0.39 is 0 Å². The van der Waals surface area contributed by atoms with Crippen molar-refractivity contribution in [3.63, 3.8) is 0 Å². The molecular weight excluding hydrogens is 1530 g/mol. The third kappa shape index (κ3) is 19.8. The van der Waals surface area contributed by atoms with Crippen LogP contribution in [0.25, 0.3) is 92.7 Å². The number of nitrogens with zero attached hydrogens (tertiary/aromatic N) is 12. The second-order valence-corrected chi connectivity index (χ2v) is 28.3. The molecular formula is C92H100N12O16. The molecule has 1 aliphatic rings. The van der Waals surface area contributed by atoms with E-state index in [2.05, 4.69) is 68.1 Å². The molecule has 4 aromatic heterocycles. The van der Waals surface area contributed by atoms with Crippen molar-refractivity contribution in [3.8, 4) is 46.0 Å². The zero-order chi connectivity index (χ0) is 84.3. The summed E-state index contributed by atoms with van der Waals surface area (Å²) in [5.41, 5.74) is 12.1. The predicted octanol–water partition coefficient (Wildman–Crippen LogP) is 11.8. The zero-order valence-electron chi connectivity index (χ0n) is 69.7. The first-order chi connectivity index (χ1) is 58.4. The van der Waals surface area contributed by atoms with Crippen LogP contribution >= 0.6 is 0 Å². The van der Waals surface area contributed by atoms with Crippen LogP contribution in [0.15, 0.2) is 165 Å². The van der Waals surface area contributed by atoms with E-state index in [9.17, 15) is 19.2 Å². The summed E-state index contributed by atoms with van der Waals surface area (Å²) in [5, 5.41) is 0. The maximum absolute atomic E-state index is 13.7. The lowest BCUT2D eigenvalue weighted by Gasteiger charge is -2.28. The third-order valence-corrected chi connectivity index (χ3v) is 21.2. The van der Waals surface area contributed by atoms with Crippen LogP contribution in [0.2, 0.25) is 0 Å². The van der Waals surface area contributed by atoms with E-state index in [1.807, 2.05) is 72.8 Å². The van der Waals surface area contributed by atoms with Crippen molar-refractivity contribution in [2.45, 2.75) is 0 Å². The molecule has 0 saturated carbocycles. The number of hydrogen-bond acceptors (Lipinski definition) is 24. The summed E-state index contributed by atoms with van der Waals surface area (Å²) in [6.45, 7) is 7.47. The van der Waals surface area contributed by atoms with Crippen molar-refractivity contribution in [1.82, 2.24) is 38.2 Å². The Morgan fingerprint density at radius 3 is 0.583 bits per heavy atom. The van der Waals surface area contributed by atoms with E-state index in [0.29, 0.717) is 195 Å². The fourth-order valence-corrected chi connectivity index (χ4v) is 14.3. The van der Waals surface area contributed by atoms with Gasteiger partial charge in [-0.05, 0) is 95.1 Å². The van der Waals surface area contributed by atoms with Crippen molar-refractivity contribution >= 4 is 115 Å². The Hall–Kier alpha value is -13.3. The minimum absolute atomic E-state index is 0.258. The highest BCUT2D eigenvalue weighted by molar-refractivity contribution is 5.86. The molecule has 0 aliphatic carbocycles. The van der Waals surface area contributed by atoms with Crippen LogP contribution in [0, 0.1) is 0 Å². The summed E-state index contributed by atoms with van der Waals surface area (Å²) in [6, 6.07) is 46.6. The van der Waals surface area contributed by atoms with Crippen LogP contribution in [0.3, 0.4) is 0 Å². The molecule has 0 unspecified atom stereocenters. The van der Waals surface area contributed by atoms with Gasteiger partial charge in [-0.3, -0.25) is 19.2 Å². The molecule has 0 radical (unpaired) electrons. The molecule has 28 nitrogen and oxygen atoms in total. The molecule has 1 aliphatic heterocycles. The number of rotatable bonds is 20. The summed E-state index contributed by atoms with van der Waals surface area (Å²) in [6.07, 6.45) is 14.4. The van der Waals surface area contributed by atoms with Crippen molar-refractivity contribution in [3.05, 3.63) is 232 Å². The van der Waals surface area contributed by atoms with E-state index in [0.717, 1.165) is 45.0 Å². The highest BCUT2D eigenvalue weighted by Gasteiger charge is 2.20. The lowest BCUT2D eigenvalue weighted by Crippen LogP contribution is -2.36. The summed E-state index contributed by atoms with van der Waals surface area (Å²) < 4.78 is 76.8. The fraction of sp³-hybridized carbons (Fsp3) is 0.304. The van der Waals surface area contributed by atoms with E-state index >= 15 is 0 Å². The Bertz CT molecular complexity index is 5250. The van der Waals surface area contributed by atoms with Gasteiger partial charge in [0.1, 0.15) is 22.8 Å². The molecule has 28 heteroatoms. The van der Waals surface area contributed by atoms with Gasteiger partial charge in [-0.2, -0.15) is 0 Å². The van der Waals surface area contributed by atoms with Gasteiger partial charge in [-0.1, -0.05) is 72.8 Å². The van der Waals surface area contributed by atoms with E-state index in [1.54, 1.807) is 176 Å². The van der Waals surface area contributed by atoms with E-state index in [4.69, 9.17) is 76.8 Å². The first-order valence-corrected chi connectivity index (χ1v) is 39.4. The average molecular weight is 1630 g/mol. The van der Waals surface area contributed by atoms with Crippen LogP contribution in [0.1, 0.15) is 45.0 Å². The first-order valence-electron chi connectivity index (χ1n) is 39.4. The van der Waals surface area contributed by atoms with E-state index in [1.165, 1.54) is 0 Å². The van der Waals surface area contributed by atoms with Crippen LogP contribution in [0.4, 0.5) is 22.7 Å². The highest BCUT2D eigenvalue weighted by Crippen LogP contribution is 2.36. The van der Waals surface area contributed by atoms with Crippen molar-refractivity contribution in [2.75, 3.05) is 182 Å². The van der Waals surface area contributed by atoms with Gasteiger partial charge in [0.05, 0.1) is 154 Å². The van der Waals surface area contributed by atoms with Crippen LogP contribution in [-0.2, 0) is 47.1 Å². The molecule has 0 bridgehead atoms.